The van der Waals surface area contributed by atoms with Gasteiger partial charge in [0.2, 0.25) is 0 Å². The molecule has 1 aliphatic carbocycles. The number of nitrogens with two attached hydrogens (primary N) is 1. The highest BCUT2D eigenvalue weighted by atomic mass is 16.5. The topological polar surface area (TPSA) is 83.0 Å². The molecule has 1 heterocycles. The Bertz CT molecular complexity index is 800. The molecule has 1 atom stereocenters. The van der Waals surface area contributed by atoms with Crippen LogP contribution in [0.5, 0.6) is 0 Å². The monoisotopic (exact) mass is 370 g/mol. The first-order valence-corrected chi connectivity index (χ1v) is 9.60. The second-order valence-electron chi connectivity index (χ2n) is 9.02. The number of hydrogen-bond acceptors (Lipinski definition) is 5. The molecule has 1 fully saturated rings. The van der Waals surface area contributed by atoms with E-state index in [0.29, 0.717) is 18.3 Å². The lowest BCUT2D eigenvalue weighted by Crippen LogP contribution is -2.49. The minimum absolute atomic E-state index is 0.131. The molecule has 2 aromatic rings. The zero-order valence-corrected chi connectivity index (χ0v) is 16.9. The van der Waals surface area contributed by atoms with Crippen LogP contribution < -0.4 is 5.73 Å². The number of aromatic nitrogens is 3. The Hall–Kier alpha value is -2.21. The zero-order chi connectivity index (χ0) is 19.8. The third kappa shape index (κ3) is 4.56. The number of ether oxygens (including phenoxy) is 1. The highest BCUT2D eigenvalue weighted by Gasteiger charge is 2.41. The minimum Gasteiger partial charge on any atom is -0.461 e. The Kier molecular flexibility index (Phi) is 5.12. The molecule has 6 heteroatoms. The van der Waals surface area contributed by atoms with Crippen LogP contribution in [0.25, 0.3) is 11.4 Å². The fourth-order valence-corrected chi connectivity index (χ4v) is 3.29. The van der Waals surface area contributed by atoms with Gasteiger partial charge >= 0.3 is 5.97 Å². The molecule has 0 radical (unpaired) electrons. The van der Waals surface area contributed by atoms with E-state index in [0.717, 1.165) is 11.1 Å². The maximum atomic E-state index is 12.8. The van der Waals surface area contributed by atoms with E-state index in [1.165, 1.54) is 12.8 Å². The lowest BCUT2D eigenvalue weighted by molar-refractivity contribution is -0.156. The van der Waals surface area contributed by atoms with Gasteiger partial charge in [-0.2, -0.15) is 5.10 Å². The summed E-state index contributed by atoms with van der Waals surface area (Å²) < 4.78 is 7.40. The number of carbonyl (C=O) groups excluding carboxylic acids is 1. The average molecular weight is 370 g/mol. The highest BCUT2D eigenvalue weighted by molar-refractivity contribution is 5.83. The zero-order valence-electron chi connectivity index (χ0n) is 16.9. The molecule has 0 unspecified atom stereocenters. The molecule has 27 heavy (non-hydrogen) atoms. The van der Waals surface area contributed by atoms with E-state index < -0.39 is 11.5 Å². The molecular formula is C21H30N4O2. The smallest absolute Gasteiger partial charge is 0.331 e. The van der Waals surface area contributed by atoms with Gasteiger partial charge in [0.05, 0.1) is 12.1 Å². The molecule has 0 amide bonds. The van der Waals surface area contributed by atoms with Crippen molar-refractivity contribution in [2.24, 2.45) is 11.1 Å². The van der Waals surface area contributed by atoms with Crippen molar-refractivity contribution < 1.29 is 9.53 Å². The fourth-order valence-electron chi connectivity index (χ4n) is 3.29. The lowest BCUT2D eigenvalue weighted by atomic mass is 9.76. The minimum atomic E-state index is -1.19. The van der Waals surface area contributed by atoms with Crippen molar-refractivity contribution in [3.05, 3.63) is 36.2 Å². The first-order chi connectivity index (χ1) is 12.6. The van der Waals surface area contributed by atoms with Crippen molar-refractivity contribution in [3.8, 4) is 11.4 Å². The Morgan fingerprint density at radius 1 is 1.26 bits per heavy atom. The second kappa shape index (κ2) is 7.08. The molecule has 6 nitrogen and oxygen atoms in total. The fraction of sp³-hybridized carbons (Fsp3) is 0.571. The summed E-state index contributed by atoms with van der Waals surface area (Å²) in [5.41, 5.74) is 6.96. The van der Waals surface area contributed by atoms with Crippen LogP contribution in [0.15, 0.2) is 30.6 Å². The Balaban J connectivity index is 1.88. The summed E-state index contributed by atoms with van der Waals surface area (Å²) in [6.45, 7) is 9.88. The Labute approximate surface area is 161 Å². The van der Waals surface area contributed by atoms with Crippen LogP contribution in [-0.2, 0) is 15.1 Å². The predicted molar refractivity (Wildman–Crippen MR) is 105 cm³/mol. The normalized spacial score (nSPS) is 17.0. The maximum Gasteiger partial charge on any atom is 0.331 e. The summed E-state index contributed by atoms with van der Waals surface area (Å²) in [5, 5.41) is 4.55. The molecule has 146 valence electrons. The number of esters is 1. The van der Waals surface area contributed by atoms with Gasteiger partial charge in [-0.25, -0.2) is 14.5 Å². The summed E-state index contributed by atoms with van der Waals surface area (Å²) in [7, 11) is 0. The van der Waals surface area contributed by atoms with Gasteiger partial charge in [-0.05, 0) is 44.1 Å². The molecule has 3 rings (SSSR count). The van der Waals surface area contributed by atoms with Crippen molar-refractivity contribution in [1.82, 2.24) is 14.8 Å². The summed E-state index contributed by atoms with van der Waals surface area (Å²) >= 11 is 0. The summed E-state index contributed by atoms with van der Waals surface area (Å²) in [4.78, 5) is 17.2. The maximum absolute atomic E-state index is 12.8. The van der Waals surface area contributed by atoms with Crippen molar-refractivity contribution in [2.75, 3.05) is 0 Å². The van der Waals surface area contributed by atoms with Gasteiger partial charge in [-0.1, -0.05) is 45.0 Å². The Morgan fingerprint density at radius 2 is 1.89 bits per heavy atom. The summed E-state index contributed by atoms with van der Waals surface area (Å²) in [5.74, 6) is 0.299. The van der Waals surface area contributed by atoms with Crippen molar-refractivity contribution in [2.45, 2.75) is 71.6 Å². The summed E-state index contributed by atoms with van der Waals surface area (Å²) in [6, 6.07) is 8.13. The van der Waals surface area contributed by atoms with Gasteiger partial charge in [-0.15, -0.1) is 0 Å². The van der Waals surface area contributed by atoms with E-state index in [1.54, 1.807) is 6.33 Å². The van der Waals surface area contributed by atoms with Crippen molar-refractivity contribution in [1.29, 1.82) is 0 Å². The van der Waals surface area contributed by atoms with Crippen LogP contribution in [0.4, 0.5) is 0 Å². The van der Waals surface area contributed by atoms with E-state index in [4.69, 9.17) is 10.5 Å². The van der Waals surface area contributed by atoms with Gasteiger partial charge in [-0.3, -0.25) is 0 Å². The first-order valence-electron chi connectivity index (χ1n) is 9.60. The van der Waals surface area contributed by atoms with Crippen LogP contribution in [0.2, 0.25) is 0 Å². The molecule has 1 aliphatic rings. The van der Waals surface area contributed by atoms with Crippen LogP contribution >= 0.6 is 0 Å². The third-order valence-electron chi connectivity index (χ3n) is 4.60. The molecule has 0 spiro atoms. The van der Waals surface area contributed by atoms with E-state index in [9.17, 15) is 4.79 Å². The van der Waals surface area contributed by atoms with Crippen LogP contribution in [0, 0.1) is 5.41 Å². The number of rotatable bonds is 6. The summed E-state index contributed by atoms with van der Waals surface area (Å²) in [6.07, 6.45) is 4.40. The van der Waals surface area contributed by atoms with Gasteiger partial charge in [0.15, 0.2) is 5.82 Å². The highest BCUT2D eigenvalue weighted by Crippen LogP contribution is 2.36. The molecular weight excluding hydrogens is 340 g/mol. The quantitative estimate of drug-likeness (QED) is 0.782. The van der Waals surface area contributed by atoms with Crippen molar-refractivity contribution in [3.63, 3.8) is 0 Å². The van der Waals surface area contributed by atoms with E-state index in [2.05, 4.69) is 30.9 Å². The standard InChI is InChI=1S/C21H30N4O2/c1-14(2)27-19(26)21(22,12-20(3,4)5)16-8-6-15(7-9-16)18-23-13-25(24-18)17-10-11-17/h6-9,13-14,17H,10-12,22H2,1-5H3/t21-/m1/s1. The van der Waals surface area contributed by atoms with Crippen LogP contribution in [0.3, 0.4) is 0 Å². The van der Waals surface area contributed by atoms with Crippen molar-refractivity contribution >= 4 is 5.97 Å². The van der Waals surface area contributed by atoms with E-state index in [1.807, 2.05) is 42.8 Å². The number of nitrogens with zero attached hydrogens (tertiary/aromatic N) is 3. The number of carbonyl (C=O) groups is 1. The van der Waals surface area contributed by atoms with E-state index >= 15 is 0 Å². The van der Waals surface area contributed by atoms with E-state index in [-0.39, 0.29) is 11.5 Å². The largest absolute Gasteiger partial charge is 0.461 e. The molecule has 0 bridgehead atoms. The molecule has 2 N–H and O–H groups in total. The van der Waals surface area contributed by atoms with Crippen LogP contribution in [-0.4, -0.2) is 26.8 Å². The molecule has 1 aromatic carbocycles. The third-order valence-corrected chi connectivity index (χ3v) is 4.60. The molecule has 1 aromatic heterocycles. The van der Waals surface area contributed by atoms with Crippen LogP contribution in [0.1, 0.15) is 65.5 Å². The lowest BCUT2D eigenvalue weighted by Gasteiger charge is -2.34. The second-order valence-corrected chi connectivity index (χ2v) is 9.02. The van der Waals surface area contributed by atoms with Gasteiger partial charge in [0.25, 0.3) is 0 Å². The van der Waals surface area contributed by atoms with Gasteiger partial charge in [0.1, 0.15) is 11.9 Å². The molecule has 0 aliphatic heterocycles. The predicted octanol–water partition coefficient (Wildman–Crippen LogP) is 3.82. The number of benzene rings is 1. The number of hydrogen-bond donors (Lipinski definition) is 1. The molecule has 0 saturated heterocycles. The van der Waals surface area contributed by atoms with Gasteiger partial charge < -0.3 is 10.5 Å². The first kappa shape index (κ1) is 19.5. The Morgan fingerprint density at radius 3 is 2.41 bits per heavy atom. The SMILES string of the molecule is CC(C)OC(=O)[C@@](N)(CC(C)(C)C)c1ccc(-c2ncn(C3CC3)n2)cc1. The molecule has 1 saturated carbocycles. The van der Waals surface area contributed by atoms with Gasteiger partial charge in [0, 0.05) is 5.56 Å². The average Bonchev–Trinajstić information content (AvgIpc) is 3.30.